The molecule has 0 aromatic heterocycles. The number of carbonyl (C=O) groups is 3. The van der Waals surface area contributed by atoms with E-state index in [-0.39, 0.29) is 66.2 Å². The second-order valence-corrected chi connectivity index (χ2v) is 20.0. The summed E-state index contributed by atoms with van der Waals surface area (Å²) in [6.45, 7) is 10.8. The van der Waals surface area contributed by atoms with Crippen LogP contribution in [0, 0.1) is 52.8 Å². The molecule has 5 saturated carbocycles. The number of nitrogens with one attached hydrogen (secondary N) is 2. The highest BCUT2D eigenvalue weighted by molar-refractivity contribution is 5.89. The Morgan fingerprint density at radius 3 is 2.29 bits per heavy atom. The smallest absolute Gasteiger partial charge is 0.246 e. The molecule has 2 saturated heterocycles. The van der Waals surface area contributed by atoms with Crippen LogP contribution in [-0.2, 0) is 24.0 Å². The van der Waals surface area contributed by atoms with Crippen LogP contribution in [-0.4, -0.2) is 158 Å². The van der Waals surface area contributed by atoms with Gasteiger partial charge in [0.25, 0.3) is 0 Å². The highest BCUT2D eigenvalue weighted by atomic mass is 16.7. The molecule has 8 unspecified atom stereocenters. The standard InChI is InChI=1S/C43H76N6O7/c1-25-33-20-30(43(33,3)4)21-34(25)44-41(53)38-37(26(2)51)36(24-50)56-49(38)22-27-13-12-14-32(39(27)55-9)28-17-29(19-31(18-28)47(7)8)40(52)45-35(23-46(5)6)42(54)48-15-10-11-16-48/h25-39,50-51H,10-24H2,1-9H3,(H,44,53)(H,45,52)/t25-,26?,27?,28?,29?,30+,31?,32?,33-,34-,35+,36-,37?,38-,39?/m0/s1. The number of hydrogen-bond donors (Lipinski definition) is 4. The van der Waals surface area contributed by atoms with E-state index in [1.165, 1.54) is 6.42 Å². The van der Waals surface area contributed by atoms with Crippen LogP contribution in [0.1, 0.15) is 91.9 Å². The molecule has 56 heavy (non-hydrogen) atoms. The first-order valence-electron chi connectivity index (χ1n) is 22.0. The number of ether oxygens (including phenoxy) is 1. The molecule has 7 rings (SSSR count). The Kier molecular flexibility index (Phi) is 14.2. The number of fused-ring (bicyclic) bond motifs is 2. The number of rotatable bonds is 14. The normalized spacial score (nSPS) is 39.7. The van der Waals surface area contributed by atoms with Gasteiger partial charge in [-0.1, -0.05) is 27.2 Å². The summed E-state index contributed by atoms with van der Waals surface area (Å²) < 4.78 is 6.41. The van der Waals surface area contributed by atoms with Gasteiger partial charge in [0.15, 0.2) is 0 Å². The van der Waals surface area contributed by atoms with Gasteiger partial charge in [-0.05, 0) is 128 Å². The Bertz CT molecular complexity index is 1360. The van der Waals surface area contributed by atoms with Crippen LogP contribution >= 0.6 is 0 Å². The number of hydrogen-bond acceptors (Lipinski definition) is 10. The zero-order valence-electron chi connectivity index (χ0n) is 36.0. The predicted molar refractivity (Wildman–Crippen MR) is 215 cm³/mol. The molecule has 15 atom stereocenters. The Labute approximate surface area is 336 Å². The fraction of sp³-hybridized carbons (Fsp3) is 0.930. The molecule has 5 aliphatic carbocycles. The van der Waals surface area contributed by atoms with E-state index in [4.69, 9.17) is 9.57 Å². The SMILES string of the molecule is COC1C(CN2O[C@@H](CO)C(C(C)O)[C@H]2C(=O)N[C@H]2C[C@H]3C[C@@H]([C@@H]2C)C3(C)C)CCCC1C1CC(C(=O)N[C@H](CN(C)C)C(=O)N2CCCC2)CC(N(C)C)C1. The maximum Gasteiger partial charge on any atom is 0.246 e. The summed E-state index contributed by atoms with van der Waals surface area (Å²) in [4.78, 5) is 54.6. The van der Waals surface area contributed by atoms with Crippen LogP contribution in [0.4, 0.5) is 0 Å². The average molecular weight is 789 g/mol. The highest BCUT2D eigenvalue weighted by Crippen LogP contribution is 2.61. The molecule has 0 aromatic carbocycles. The van der Waals surface area contributed by atoms with Gasteiger partial charge >= 0.3 is 0 Å². The first-order valence-corrected chi connectivity index (χ1v) is 22.0. The molecule has 7 aliphatic rings. The van der Waals surface area contributed by atoms with Crippen LogP contribution in [0.5, 0.6) is 0 Å². The minimum absolute atomic E-state index is 0.0156. The van der Waals surface area contributed by atoms with Crippen LogP contribution in [0.15, 0.2) is 0 Å². The second-order valence-electron chi connectivity index (χ2n) is 20.0. The van der Waals surface area contributed by atoms with Gasteiger partial charge in [0.05, 0.1) is 18.8 Å². The lowest BCUT2D eigenvalue weighted by Gasteiger charge is -2.62. The van der Waals surface area contributed by atoms with Crippen molar-refractivity contribution in [2.45, 2.75) is 134 Å². The maximum absolute atomic E-state index is 14.4. The number of aliphatic hydroxyl groups is 2. The van der Waals surface area contributed by atoms with Crippen LogP contribution in [0.3, 0.4) is 0 Å². The number of hydroxylamine groups is 2. The van der Waals surface area contributed by atoms with Crippen LogP contribution < -0.4 is 10.6 Å². The third-order valence-corrected chi connectivity index (χ3v) is 15.8. The van der Waals surface area contributed by atoms with Crippen LogP contribution in [0.25, 0.3) is 0 Å². The molecule has 3 amide bonds. The monoisotopic (exact) mass is 789 g/mol. The van der Waals surface area contributed by atoms with Crippen molar-refractivity contribution in [2.24, 2.45) is 52.8 Å². The second kappa shape index (κ2) is 18.2. The fourth-order valence-electron chi connectivity index (χ4n) is 12.4. The lowest BCUT2D eigenvalue weighted by molar-refractivity contribution is -0.193. The van der Waals surface area contributed by atoms with E-state index in [1.54, 1.807) is 19.1 Å². The van der Waals surface area contributed by atoms with E-state index in [0.29, 0.717) is 36.3 Å². The van der Waals surface area contributed by atoms with E-state index in [9.17, 15) is 24.6 Å². The lowest BCUT2D eigenvalue weighted by atomic mass is 9.45. The summed E-state index contributed by atoms with van der Waals surface area (Å²) >= 11 is 0. The summed E-state index contributed by atoms with van der Waals surface area (Å²) in [7, 11) is 9.85. The van der Waals surface area contributed by atoms with E-state index in [0.717, 1.165) is 70.9 Å². The van der Waals surface area contributed by atoms with Gasteiger partial charge in [-0.2, -0.15) is 5.06 Å². The van der Waals surface area contributed by atoms with E-state index >= 15 is 0 Å². The van der Waals surface area contributed by atoms with Gasteiger partial charge in [-0.15, -0.1) is 0 Å². The van der Waals surface area contributed by atoms with Crippen molar-refractivity contribution in [3.05, 3.63) is 0 Å². The first-order chi connectivity index (χ1) is 26.5. The molecule has 13 nitrogen and oxygen atoms in total. The Morgan fingerprint density at radius 1 is 0.982 bits per heavy atom. The van der Waals surface area contributed by atoms with Crippen molar-refractivity contribution >= 4 is 17.7 Å². The van der Waals surface area contributed by atoms with Crippen molar-refractivity contribution in [1.29, 1.82) is 0 Å². The summed E-state index contributed by atoms with van der Waals surface area (Å²) in [5, 5.41) is 29.8. The maximum atomic E-state index is 14.4. The molecule has 13 heteroatoms. The number of amides is 3. The van der Waals surface area contributed by atoms with Crippen LogP contribution in [0.2, 0.25) is 0 Å². The lowest BCUT2D eigenvalue weighted by Crippen LogP contribution is -2.62. The zero-order chi connectivity index (χ0) is 40.6. The van der Waals surface area contributed by atoms with Crippen molar-refractivity contribution in [2.75, 3.05) is 68.1 Å². The number of carbonyl (C=O) groups excluding carboxylic acids is 3. The summed E-state index contributed by atoms with van der Waals surface area (Å²) in [6.07, 6.45) is 7.88. The largest absolute Gasteiger partial charge is 0.394 e. The minimum Gasteiger partial charge on any atom is -0.394 e. The topological polar surface area (TPSA) is 147 Å². The van der Waals surface area contributed by atoms with Crippen molar-refractivity contribution in [1.82, 2.24) is 30.4 Å². The number of likely N-dealkylation sites (tertiary alicyclic amines) is 1. The quantitative estimate of drug-likeness (QED) is 0.207. The molecule has 7 fully saturated rings. The summed E-state index contributed by atoms with van der Waals surface area (Å²) in [5.74, 6) is 1.09. The van der Waals surface area contributed by atoms with Gasteiger partial charge in [-0.25, -0.2) is 0 Å². The van der Waals surface area contributed by atoms with Crippen molar-refractivity contribution in [3.8, 4) is 0 Å². The molecule has 320 valence electrons. The molecular weight excluding hydrogens is 713 g/mol. The molecule has 0 spiro atoms. The molecule has 2 aliphatic heterocycles. The van der Waals surface area contributed by atoms with E-state index < -0.39 is 30.2 Å². The third-order valence-electron chi connectivity index (χ3n) is 15.8. The number of nitrogens with zero attached hydrogens (tertiary/aromatic N) is 4. The van der Waals surface area contributed by atoms with Gasteiger partial charge in [0, 0.05) is 63.1 Å². The Morgan fingerprint density at radius 2 is 1.70 bits per heavy atom. The van der Waals surface area contributed by atoms with Gasteiger partial charge in [-0.3, -0.25) is 19.2 Å². The number of aliphatic hydroxyl groups excluding tert-OH is 2. The average Bonchev–Trinajstić information content (AvgIpc) is 3.83. The molecule has 2 heterocycles. The number of methoxy groups -OCH3 is 1. The van der Waals surface area contributed by atoms with Gasteiger partial charge in [0.2, 0.25) is 17.7 Å². The molecule has 0 aromatic rings. The van der Waals surface area contributed by atoms with Crippen molar-refractivity contribution < 1.29 is 34.2 Å². The molecule has 0 radical (unpaired) electrons. The highest BCUT2D eigenvalue weighted by Gasteiger charge is 2.58. The summed E-state index contributed by atoms with van der Waals surface area (Å²) in [5.41, 5.74) is 0.301. The third kappa shape index (κ3) is 8.99. The number of likely N-dealkylation sites (N-methyl/N-ethyl adjacent to an activating group) is 1. The van der Waals surface area contributed by atoms with Gasteiger partial charge < -0.3 is 40.3 Å². The zero-order valence-corrected chi connectivity index (χ0v) is 36.0. The Balaban J connectivity index is 1.17. The molecular formula is C43H76N6O7. The van der Waals surface area contributed by atoms with E-state index in [2.05, 4.69) is 50.4 Å². The Hall–Kier alpha value is -1.87. The molecule has 2 bridgehead atoms. The minimum atomic E-state index is -0.849. The van der Waals surface area contributed by atoms with Crippen molar-refractivity contribution in [3.63, 3.8) is 0 Å². The molecule has 4 N–H and O–H groups in total. The predicted octanol–water partition coefficient (Wildman–Crippen LogP) is 2.59. The summed E-state index contributed by atoms with van der Waals surface area (Å²) in [6, 6.07) is -1.01. The van der Waals surface area contributed by atoms with Gasteiger partial charge in [0.1, 0.15) is 18.2 Å². The fourth-order valence-corrected chi connectivity index (χ4v) is 12.4. The first kappa shape index (κ1) is 43.7. The van der Waals surface area contributed by atoms with E-state index in [1.807, 2.05) is 23.9 Å².